The third-order valence-corrected chi connectivity index (χ3v) is 9.21. The van der Waals surface area contributed by atoms with Gasteiger partial charge in [0, 0.05) is 48.0 Å². The Labute approximate surface area is 288 Å². The molecule has 2 aliphatic rings. The van der Waals surface area contributed by atoms with Crippen LogP contribution >= 0.6 is 11.6 Å². The van der Waals surface area contributed by atoms with Crippen LogP contribution in [0.1, 0.15) is 40.5 Å². The van der Waals surface area contributed by atoms with Gasteiger partial charge >= 0.3 is 0 Å². The molecular weight excluding hydrogens is 642 g/mol. The SMILES string of the molecule is C[C@@H](/C=C/CCn1cc(CCO)nn1)[C@]1(O)C(=O)N(Cc2ccc(N3C(=O)c4ccccc4Oc4ccccc43)cc2)c2ccc(Cl)cc21. The molecule has 4 aromatic carbocycles. The smallest absolute Gasteiger partial charge is 0.266 e. The van der Waals surface area contributed by atoms with E-state index in [1.165, 1.54) is 0 Å². The topological polar surface area (TPSA) is 121 Å². The molecule has 0 bridgehead atoms. The van der Waals surface area contributed by atoms with Gasteiger partial charge in [0.2, 0.25) is 0 Å². The van der Waals surface area contributed by atoms with Crippen molar-refractivity contribution in [2.75, 3.05) is 16.4 Å². The Kier molecular flexibility index (Phi) is 8.77. The van der Waals surface area contributed by atoms with Gasteiger partial charge in [-0.15, -0.1) is 5.10 Å². The van der Waals surface area contributed by atoms with E-state index in [1.54, 1.807) is 51.0 Å². The maximum Gasteiger partial charge on any atom is 0.266 e. The number of aliphatic hydroxyl groups excluding tert-OH is 1. The molecule has 5 aromatic rings. The Balaban J connectivity index is 1.12. The first kappa shape index (κ1) is 32.3. The molecule has 248 valence electrons. The van der Waals surface area contributed by atoms with Crippen molar-refractivity contribution in [1.82, 2.24) is 15.0 Å². The van der Waals surface area contributed by atoms with Crippen molar-refractivity contribution in [3.05, 3.63) is 137 Å². The number of halogens is 1. The van der Waals surface area contributed by atoms with Gasteiger partial charge in [0.05, 0.1) is 29.2 Å². The minimum absolute atomic E-state index is 0.0104. The molecule has 11 heteroatoms. The first-order chi connectivity index (χ1) is 23.8. The first-order valence-electron chi connectivity index (χ1n) is 16.1. The maximum absolute atomic E-state index is 14.1. The lowest BCUT2D eigenvalue weighted by Crippen LogP contribution is -2.44. The van der Waals surface area contributed by atoms with E-state index in [2.05, 4.69) is 10.3 Å². The number of benzene rings is 4. The summed E-state index contributed by atoms with van der Waals surface area (Å²) in [6.45, 7) is 2.58. The molecule has 0 radical (unpaired) electrons. The first-order valence-corrected chi connectivity index (χ1v) is 16.5. The molecule has 2 aliphatic heterocycles. The van der Waals surface area contributed by atoms with Gasteiger partial charge in [0.15, 0.2) is 11.4 Å². The highest BCUT2D eigenvalue weighted by Crippen LogP contribution is 2.47. The molecule has 10 nitrogen and oxygen atoms in total. The largest absolute Gasteiger partial charge is 0.454 e. The van der Waals surface area contributed by atoms with Crippen molar-refractivity contribution in [2.45, 2.75) is 38.5 Å². The Bertz CT molecular complexity index is 2060. The summed E-state index contributed by atoms with van der Waals surface area (Å²) in [7, 11) is 0. The second-order valence-corrected chi connectivity index (χ2v) is 12.6. The van der Waals surface area contributed by atoms with E-state index in [9.17, 15) is 14.7 Å². The minimum atomic E-state index is -1.83. The van der Waals surface area contributed by atoms with E-state index in [4.69, 9.17) is 21.4 Å². The van der Waals surface area contributed by atoms with Gasteiger partial charge in [-0.1, -0.05) is 72.3 Å². The fraction of sp³-hybridized carbons (Fsp3) is 0.211. The molecule has 2 amide bonds. The van der Waals surface area contributed by atoms with Crippen LogP contribution in [0.4, 0.5) is 17.1 Å². The van der Waals surface area contributed by atoms with Crippen LogP contribution < -0.4 is 14.5 Å². The summed E-state index contributed by atoms with van der Waals surface area (Å²) in [5.74, 6) is -0.166. The molecule has 3 heterocycles. The molecule has 2 N–H and O–H groups in total. The van der Waals surface area contributed by atoms with E-state index < -0.39 is 17.4 Å². The summed E-state index contributed by atoms with van der Waals surface area (Å²) in [6, 6.07) is 27.1. The highest BCUT2D eigenvalue weighted by Gasteiger charge is 2.52. The number of aryl methyl sites for hydroxylation is 1. The molecule has 0 saturated carbocycles. The third-order valence-electron chi connectivity index (χ3n) is 8.98. The fourth-order valence-electron chi connectivity index (χ4n) is 6.40. The monoisotopic (exact) mass is 675 g/mol. The van der Waals surface area contributed by atoms with Crippen molar-refractivity contribution in [3.63, 3.8) is 0 Å². The van der Waals surface area contributed by atoms with Crippen molar-refractivity contribution in [1.29, 1.82) is 0 Å². The second kappa shape index (κ2) is 13.3. The van der Waals surface area contributed by atoms with Gasteiger partial charge in [-0.25, -0.2) is 0 Å². The Morgan fingerprint density at radius 1 is 0.959 bits per heavy atom. The molecule has 0 saturated heterocycles. The van der Waals surface area contributed by atoms with Crippen LogP contribution in [0.5, 0.6) is 11.5 Å². The Morgan fingerprint density at radius 2 is 1.71 bits per heavy atom. The number of carbonyl (C=O) groups excluding carboxylic acids is 2. The lowest BCUT2D eigenvalue weighted by Gasteiger charge is -2.28. The average molecular weight is 676 g/mol. The zero-order chi connectivity index (χ0) is 34.1. The van der Waals surface area contributed by atoms with Crippen LogP contribution in [0.15, 0.2) is 109 Å². The molecule has 49 heavy (non-hydrogen) atoms. The van der Waals surface area contributed by atoms with Crippen molar-refractivity contribution >= 4 is 40.5 Å². The number of hydrogen-bond acceptors (Lipinski definition) is 7. The number of amides is 2. The number of hydrogen-bond donors (Lipinski definition) is 2. The number of anilines is 3. The molecule has 0 fully saturated rings. The standard InChI is InChI=1S/C38H34ClN5O5/c1-25(8-6-7-20-42-24-28(19-21-45)40-41-42)38(48)31-22-27(39)15-18-32(31)43(37(38)47)23-26-13-16-29(17-14-26)44-33-10-3-5-12-35(33)49-34-11-4-2-9-30(34)36(44)46/h2-6,8-18,22,24-25,45,48H,7,19-21,23H2,1H3/b8-6+/t25-,38+/m0/s1. The Hall–Kier alpha value is -5.29. The number of ether oxygens (including phenoxy) is 1. The van der Waals surface area contributed by atoms with E-state index in [1.807, 2.05) is 79.7 Å². The minimum Gasteiger partial charge on any atom is -0.454 e. The molecule has 0 unspecified atom stereocenters. The van der Waals surface area contributed by atoms with Crippen molar-refractivity contribution in [2.24, 2.45) is 5.92 Å². The van der Waals surface area contributed by atoms with Crippen molar-refractivity contribution < 1.29 is 24.5 Å². The molecule has 1 aromatic heterocycles. The van der Waals surface area contributed by atoms with Crippen LogP contribution in [0, 0.1) is 5.92 Å². The van der Waals surface area contributed by atoms with Crippen LogP contribution in [-0.4, -0.2) is 43.6 Å². The molecule has 0 aliphatic carbocycles. The Morgan fingerprint density at radius 3 is 2.51 bits per heavy atom. The number of carbonyl (C=O) groups is 2. The second-order valence-electron chi connectivity index (χ2n) is 12.1. The zero-order valence-electron chi connectivity index (χ0n) is 26.7. The number of allylic oxidation sites excluding steroid dienone is 1. The summed E-state index contributed by atoms with van der Waals surface area (Å²) in [5.41, 5.74) is 2.46. The van der Waals surface area contributed by atoms with Gasteiger partial charge in [0.25, 0.3) is 11.8 Å². The zero-order valence-corrected chi connectivity index (χ0v) is 27.5. The number of aromatic nitrogens is 3. The van der Waals surface area contributed by atoms with Gasteiger partial charge in [-0.3, -0.25) is 19.2 Å². The van der Waals surface area contributed by atoms with Gasteiger partial charge < -0.3 is 19.8 Å². The lowest BCUT2D eigenvalue weighted by atomic mass is 9.83. The van der Waals surface area contributed by atoms with Gasteiger partial charge in [0.1, 0.15) is 5.75 Å². The quantitative estimate of drug-likeness (QED) is 0.161. The van der Waals surface area contributed by atoms with Gasteiger partial charge in [-0.2, -0.15) is 0 Å². The third kappa shape index (κ3) is 5.99. The van der Waals surface area contributed by atoms with E-state index in [-0.39, 0.29) is 19.1 Å². The highest BCUT2D eigenvalue weighted by atomic mass is 35.5. The maximum atomic E-state index is 14.1. The highest BCUT2D eigenvalue weighted by molar-refractivity contribution is 6.31. The fourth-order valence-corrected chi connectivity index (χ4v) is 6.57. The van der Waals surface area contributed by atoms with Crippen molar-refractivity contribution in [3.8, 4) is 11.5 Å². The van der Waals surface area contributed by atoms with Crippen LogP contribution in [0.2, 0.25) is 5.02 Å². The summed E-state index contributed by atoms with van der Waals surface area (Å²) in [4.78, 5) is 31.1. The van der Waals surface area contributed by atoms with E-state index >= 15 is 0 Å². The van der Waals surface area contributed by atoms with E-state index in [0.717, 1.165) is 11.3 Å². The number of fused-ring (bicyclic) bond motifs is 3. The molecule has 7 rings (SSSR count). The lowest BCUT2D eigenvalue weighted by molar-refractivity contribution is -0.139. The normalized spacial score (nSPS) is 17.5. The predicted molar refractivity (Wildman–Crippen MR) is 186 cm³/mol. The van der Waals surface area contributed by atoms with Crippen LogP contribution in [-0.2, 0) is 29.9 Å². The molecule has 0 spiro atoms. The number of rotatable bonds is 10. The van der Waals surface area contributed by atoms with Crippen LogP contribution in [0.3, 0.4) is 0 Å². The predicted octanol–water partition coefficient (Wildman–Crippen LogP) is 6.57. The van der Waals surface area contributed by atoms with E-state index in [0.29, 0.717) is 64.1 Å². The summed E-state index contributed by atoms with van der Waals surface area (Å²) in [6.07, 6.45) is 6.60. The number of para-hydroxylation sites is 3. The summed E-state index contributed by atoms with van der Waals surface area (Å²) >= 11 is 6.38. The summed E-state index contributed by atoms with van der Waals surface area (Å²) < 4.78 is 7.83. The number of aliphatic hydroxyl groups is 2. The van der Waals surface area contributed by atoms with Gasteiger partial charge in [-0.05, 0) is 66.6 Å². The molecular formula is C38H34ClN5O5. The van der Waals surface area contributed by atoms with Crippen LogP contribution in [0.25, 0.3) is 0 Å². The number of nitrogens with zero attached hydrogens (tertiary/aromatic N) is 5. The summed E-state index contributed by atoms with van der Waals surface area (Å²) in [5, 5.41) is 29.7. The average Bonchev–Trinajstić information content (AvgIpc) is 3.60. The molecule has 2 atom stereocenters.